The number of carbonyl (C=O) groups is 3. The van der Waals surface area contributed by atoms with Crippen molar-refractivity contribution >= 4 is 33.9 Å². The Morgan fingerprint density at radius 3 is 2.63 bits per heavy atom. The van der Waals surface area contributed by atoms with E-state index in [4.69, 9.17) is 5.73 Å². The molecule has 0 radical (unpaired) electrons. The summed E-state index contributed by atoms with van der Waals surface area (Å²) in [6.45, 7) is 1.48. The van der Waals surface area contributed by atoms with Crippen LogP contribution in [0.3, 0.4) is 0 Å². The third kappa shape index (κ3) is 4.47. The number of primary amides is 1. The first-order valence-electron chi connectivity index (χ1n) is 10.6. The number of nitrogens with two attached hydrogens (primary N) is 1. The number of nitrogens with zero attached hydrogens (tertiary/aromatic N) is 1. The summed E-state index contributed by atoms with van der Waals surface area (Å²) in [6, 6.07) is 9.24. The zero-order valence-corrected chi connectivity index (χ0v) is 17.8. The number of hydrogen-bond acceptors (Lipinski definition) is 5. The van der Waals surface area contributed by atoms with Gasteiger partial charge in [-0.1, -0.05) is 30.3 Å². The Morgan fingerprint density at radius 2 is 1.87 bits per heavy atom. The van der Waals surface area contributed by atoms with Crippen molar-refractivity contribution in [2.75, 3.05) is 25.0 Å². The predicted octanol–water partition coefficient (Wildman–Crippen LogP) is 2.99. The number of ketones is 1. The van der Waals surface area contributed by atoms with Gasteiger partial charge in [-0.2, -0.15) is 0 Å². The van der Waals surface area contributed by atoms with Crippen molar-refractivity contribution in [3.63, 3.8) is 0 Å². The summed E-state index contributed by atoms with van der Waals surface area (Å²) >= 11 is 1.54. The lowest BCUT2D eigenvalue weighted by molar-refractivity contribution is -0.125. The van der Waals surface area contributed by atoms with Crippen LogP contribution < -0.4 is 11.1 Å². The van der Waals surface area contributed by atoms with Gasteiger partial charge in [0.15, 0.2) is 5.78 Å². The monoisotopic (exact) mass is 425 g/mol. The third-order valence-electron chi connectivity index (χ3n) is 5.96. The van der Waals surface area contributed by atoms with Crippen molar-refractivity contribution in [2.24, 2.45) is 11.7 Å². The molecule has 2 heterocycles. The predicted molar refractivity (Wildman–Crippen MR) is 118 cm³/mol. The molecule has 0 saturated carbocycles. The van der Waals surface area contributed by atoms with Crippen LogP contribution in [0.25, 0.3) is 0 Å². The fraction of sp³-hybridized carbons (Fsp3) is 0.435. The quantitative estimate of drug-likeness (QED) is 0.696. The lowest BCUT2D eigenvalue weighted by Crippen LogP contribution is -2.44. The maximum absolute atomic E-state index is 13.3. The van der Waals surface area contributed by atoms with Crippen molar-refractivity contribution in [3.05, 3.63) is 51.9 Å². The van der Waals surface area contributed by atoms with Crippen LogP contribution in [0.15, 0.2) is 30.3 Å². The molecule has 1 atom stereocenters. The first-order chi connectivity index (χ1) is 14.5. The minimum Gasteiger partial charge on any atom is -0.369 e. The highest BCUT2D eigenvalue weighted by atomic mass is 32.1. The Bertz CT molecular complexity index is 954. The molecule has 3 N–H and O–H groups in total. The van der Waals surface area contributed by atoms with Crippen molar-refractivity contribution in [1.29, 1.82) is 0 Å². The van der Waals surface area contributed by atoms with Gasteiger partial charge in [-0.3, -0.25) is 19.3 Å². The molecule has 1 fully saturated rings. The van der Waals surface area contributed by atoms with E-state index >= 15 is 0 Å². The molecule has 6 nitrogen and oxygen atoms in total. The van der Waals surface area contributed by atoms with E-state index in [1.807, 2.05) is 35.2 Å². The van der Waals surface area contributed by atoms with E-state index in [0.29, 0.717) is 22.7 Å². The molecule has 2 amide bonds. The van der Waals surface area contributed by atoms with Gasteiger partial charge >= 0.3 is 0 Å². The fourth-order valence-electron chi connectivity index (χ4n) is 4.43. The molecule has 1 aliphatic carbocycles. The molecule has 1 aromatic heterocycles. The minimum atomic E-state index is -0.304. The number of carbonyl (C=O) groups excluding carboxylic acids is 3. The number of likely N-dealkylation sites (tertiary alicyclic amines) is 1. The second-order valence-electron chi connectivity index (χ2n) is 8.13. The highest BCUT2D eigenvalue weighted by Crippen LogP contribution is 2.39. The lowest BCUT2D eigenvalue weighted by atomic mass is 9.92. The summed E-state index contributed by atoms with van der Waals surface area (Å²) in [6.07, 6.45) is 5.64. The normalized spacial score (nSPS) is 19.1. The molecule has 0 spiro atoms. The van der Waals surface area contributed by atoms with Gasteiger partial charge in [-0.25, -0.2) is 0 Å². The Kier molecular flexibility index (Phi) is 6.29. The molecule has 2 aliphatic rings. The molecule has 7 heteroatoms. The summed E-state index contributed by atoms with van der Waals surface area (Å²) < 4.78 is 0. The zero-order chi connectivity index (χ0) is 21.1. The summed E-state index contributed by atoms with van der Waals surface area (Å²) in [7, 11) is 0. The number of thiophene rings is 1. The summed E-state index contributed by atoms with van der Waals surface area (Å²) in [4.78, 5) is 40.8. The molecule has 30 heavy (non-hydrogen) atoms. The SMILES string of the molecule is NC(=O)[C@@H]1CCCN(CC(=O)Nc2sc3c(c2C(=O)c2ccccc2)CCCC3)C1. The van der Waals surface area contributed by atoms with Crippen molar-refractivity contribution in [2.45, 2.75) is 38.5 Å². The number of rotatable bonds is 6. The number of nitrogens with one attached hydrogen (secondary N) is 1. The van der Waals surface area contributed by atoms with E-state index in [1.54, 1.807) is 0 Å². The van der Waals surface area contributed by atoms with Crippen LogP contribution in [-0.2, 0) is 22.4 Å². The average Bonchev–Trinajstić information content (AvgIpc) is 3.11. The van der Waals surface area contributed by atoms with Crippen LogP contribution in [0.1, 0.15) is 52.0 Å². The second kappa shape index (κ2) is 9.10. The summed E-state index contributed by atoms with van der Waals surface area (Å²) in [5, 5.41) is 3.67. The fourth-order valence-corrected chi connectivity index (χ4v) is 5.73. The Balaban J connectivity index is 1.54. The van der Waals surface area contributed by atoms with Crippen LogP contribution in [0.5, 0.6) is 0 Å². The van der Waals surface area contributed by atoms with E-state index in [2.05, 4.69) is 5.32 Å². The first kappa shape index (κ1) is 20.8. The molecule has 158 valence electrons. The van der Waals surface area contributed by atoms with Gasteiger partial charge in [0.25, 0.3) is 0 Å². The smallest absolute Gasteiger partial charge is 0.239 e. The average molecular weight is 426 g/mol. The number of piperidine rings is 1. The van der Waals surface area contributed by atoms with Crippen molar-refractivity contribution in [1.82, 2.24) is 4.90 Å². The van der Waals surface area contributed by atoms with Gasteiger partial charge in [-0.05, 0) is 50.6 Å². The van der Waals surface area contributed by atoms with E-state index in [9.17, 15) is 14.4 Å². The molecule has 0 bridgehead atoms. The summed E-state index contributed by atoms with van der Waals surface area (Å²) in [5.41, 5.74) is 7.84. The molecule has 1 saturated heterocycles. The number of fused-ring (bicyclic) bond motifs is 1. The van der Waals surface area contributed by atoms with Crippen LogP contribution >= 0.6 is 11.3 Å². The molecule has 1 aliphatic heterocycles. The van der Waals surface area contributed by atoms with Crippen LogP contribution in [-0.4, -0.2) is 42.1 Å². The third-order valence-corrected chi connectivity index (χ3v) is 7.17. The van der Waals surface area contributed by atoms with Gasteiger partial charge in [0.05, 0.1) is 18.0 Å². The first-order valence-corrected chi connectivity index (χ1v) is 11.4. The second-order valence-corrected chi connectivity index (χ2v) is 9.24. The molecule has 4 rings (SSSR count). The topological polar surface area (TPSA) is 92.5 Å². The maximum Gasteiger partial charge on any atom is 0.239 e. The molecule has 0 unspecified atom stereocenters. The van der Waals surface area contributed by atoms with Crippen LogP contribution in [0.4, 0.5) is 5.00 Å². The number of amides is 2. The van der Waals surface area contributed by atoms with Crippen molar-refractivity contribution < 1.29 is 14.4 Å². The van der Waals surface area contributed by atoms with E-state index < -0.39 is 0 Å². The van der Waals surface area contributed by atoms with E-state index in [0.717, 1.165) is 50.6 Å². The molecule has 2 aromatic rings. The van der Waals surface area contributed by atoms with Crippen LogP contribution in [0.2, 0.25) is 0 Å². The van der Waals surface area contributed by atoms with Gasteiger partial charge in [0.2, 0.25) is 11.8 Å². The Hall–Kier alpha value is -2.51. The number of hydrogen-bond donors (Lipinski definition) is 2. The Labute approximate surface area is 180 Å². The molecular weight excluding hydrogens is 398 g/mol. The highest BCUT2D eigenvalue weighted by molar-refractivity contribution is 7.17. The number of aryl methyl sites for hydroxylation is 1. The largest absolute Gasteiger partial charge is 0.369 e. The number of anilines is 1. The number of benzene rings is 1. The lowest BCUT2D eigenvalue weighted by Gasteiger charge is -2.30. The van der Waals surface area contributed by atoms with Crippen LogP contribution in [0, 0.1) is 5.92 Å². The highest BCUT2D eigenvalue weighted by Gasteiger charge is 2.28. The van der Waals surface area contributed by atoms with Gasteiger partial charge in [-0.15, -0.1) is 11.3 Å². The standard InChI is InChI=1S/C23H27N3O3S/c24-22(29)16-9-6-12-26(13-16)14-19(27)25-23-20(17-10-4-5-11-18(17)30-23)21(28)15-7-2-1-3-8-15/h1-3,7-8,16H,4-6,9-14H2,(H2,24,29)(H,25,27)/t16-/m1/s1. The van der Waals surface area contributed by atoms with Crippen molar-refractivity contribution in [3.8, 4) is 0 Å². The minimum absolute atomic E-state index is 0.0305. The Morgan fingerprint density at radius 1 is 1.10 bits per heavy atom. The zero-order valence-electron chi connectivity index (χ0n) is 17.0. The molecular formula is C23H27N3O3S. The summed E-state index contributed by atoms with van der Waals surface area (Å²) in [5.74, 6) is -0.685. The van der Waals surface area contributed by atoms with Gasteiger partial charge < -0.3 is 11.1 Å². The molecule has 1 aromatic carbocycles. The van der Waals surface area contributed by atoms with Gasteiger partial charge in [0.1, 0.15) is 5.00 Å². The van der Waals surface area contributed by atoms with E-state index in [1.165, 1.54) is 16.2 Å². The maximum atomic E-state index is 13.3. The van der Waals surface area contributed by atoms with E-state index in [-0.39, 0.29) is 30.1 Å². The van der Waals surface area contributed by atoms with Gasteiger partial charge in [0, 0.05) is 17.0 Å².